The molecule has 0 aliphatic heterocycles. The first-order valence-electron chi connectivity index (χ1n) is 10.3. The normalized spacial score (nSPS) is 14.9. The standard InChI is InChI=1S/C24H26N4O3/c1-14-19(15(2)28(27-14)16-8-6-5-7-9-16)13-25-22(30)18-10-17-20(26-23(18)31)11-24(3,4)12-21(17)29/h5-10H,11-13H2,1-4H3,(H,25,30)(H,26,31). The Kier molecular flexibility index (Phi) is 5.13. The van der Waals surface area contributed by atoms with E-state index in [0.29, 0.717) is 24.1 Å². The zero-order valence-electron chi connectivity index (χ0n) is 18.2. The van der Waals surface area contributed by atoms with Crippen LogP contribution in [0.5, 0.6) is 0 Å². The lowest BCUT2D eigenvalue weighted by Crippen LogP contribution is -2.34. The van der Waals surface area contributed by atoms with Gasteiger partial charge in [-0.2, -0.15) is 5.10 Å². The molecule has 3 aromatic rings. The van der Waals surface area contributed by atoms with E-state index in [0.717, 1.165) is 22.6 Å². The van der Waals surface area contributed by atoms with Gasteiger partial charge in [0.2, 0.25) is 0 Å². The van der Waals surface area contributed by atoms with Crippen LogP contribution in [0.3, 0.4) is 0 Å². The summed E-state index contributed by atoms with van der Waals surface area (Å²) in [6.45, 7) is 8.06. The third-order valence-electron chi connectivity index (χ3n) is 5.83. The number of ketones is 1. The van der Waals surface area contributed by atoms with Crippen LogP contribution in [0.4, 0.5) is 0 Å². The molecule has 7 nitrogen and oxygen atoms in total. The third-order valence-corrected chi connectivity index (χ3v) is 5.83. The highest BCUT2D eigenvalue weighted by molar-refractivity contribution is 6.02. The largest absolute Gasteiger partial charge is 0.348 e. The number of pyridine rings is 1. The Bertz CT molecular complexity index is 1240. The SMILES string of the molecule is Cc1nn(-c2ccccc2)c(C)c1CNC(=O)c1cc2c([nH]c1=O)CC(C)(C)CC2=O. The molecule has 1 aromatic carbocycles. The minimum Gasteiger partial charge on any atom is -0.348 e. The van der Waals surface area contributed by atoms with Gasteiger partial charge in [0, 0.05) is 35.5 Å². The molecule has 31 heavy (non-hydrogen) atoms. The van der Waals surface area contributed by atoms with E-state index in [1.54, 1.807) is 0 Å². The fraction of sp³-hybridized carbons (Fsp3) is 0.333. The van der Waals surface area contributed by atoms with Crippen molar-refractivity contribution in [2.45, 2.75) is 47.1 Å². The summed E-state index contributed by atoms with van der Waals surface area (Å²) >= 11 is 0. The van der Waals surface area contributed by atoms with Crippen LogP contribution in [0.25, 0.3) is 5.69 Å². The molecule has 1 aliphatic rings. The topological polar surface area (TPSA) is 96.8 Å². The Balaban J connectivity index is 1.57. The van der Waals surface area contributed by atoms with Crippen molar-refractivity contribution in [1.82, 2.24) is 20.1 Å². The molecule has 0 bridgehead atoms. The minimum absolute atomic E-state index is 0.0439. The summed E-state index contributed by atoms with van der Waals surface area (Å²) < 4.78 is 1.84. The molecule has 2 heterocycles. The number of aromatic amines is 1. The number of nitrogens with one attached hydrogen (secondary N) is 2. The molecule has 1 amide bonds. The van der Waals surface area contributed by atoms with Crippen LogP contribution >= 0.6 is 0 Å². The molecule has 2 N–H and O–H groups in total. The highest BCUT2D eigenvalue weighted by Crippen LogP contribution is 2.33. The van der Waals surface area contributed by atoms with Crippen molar-refractivity contribution in [1.29, 1.82) is 0 Å². The first kappa shape index (κ1) is 20.8. The number of carbonyl (C=O) groups excluding carboxylic acids is 2. The summed E-state index contributed by atoms with van der Waals surface area (Å²) in [7, 11) is 0. The first-order chi connectivity index (χ1) is 14.7. The number of para-hydroxylation sites is 1. The van der Waals surface area contributed by atoms with Gasteiger partial charge in [0.15, 0.2) is 5.78 Å². The van der Waals surface area contributed by atoms with Crippen molar-refractivity contribution in [3.63, 3.8) is 0 Å². The van der Waals surface area contributed by atoms with Crippen molar-refractivity contribution < 1.29 is 9.59 Å². The molecular formula is C24H26N4O3. The number of nitrogens with zero attached hydrogens (tertiary/aromatic N) is 2. The molecule has 0 unspecified atom stereocenters. The second-order valence-electron chi connectivity index (χ2n) is 8.92. The number of benzene rings is 1. The number of fused-ring (bicyclic) bond motifs is 1. The van der Waals surface area contributed by atoms with Crippen molar-refractivity contribution in [2.24, 2.45) is 5.41 Å². The van der Waals surface area contributed by atoms with E-state index in [1.807, 2.05) is 62.7 Å². The number of aryl methyl sites for hydroxylation is 1. The van der Waals surface area contributed by atoms with Crippen LogP contribution in [0.2, 0.25) is 0 Å². The highest BCUT2D eigenvalue weighted by Gasteiger charge is 2.32. The predicted molar refractivity (Wildman–Crippen MR) is 118 cm³/mol. The van der Waals surface area contributed by atoms with Crippen molar-refractivity contribution >= 4 is 11.7 Å². The zero-order valence-corrected chi connectivity index (χ0v) is 18.2. The molecule has 0 atom stereocenters. The fourth-order valence-corrected chi connectivity index (χ4v) is 4.21. The monoisotopic (exact) mass is 418 g/mol. The lowest BCUT2D eigenvalue weighted by molar-refractivity contribution is 0.0910. The highest BCUT2D eigenvalue weighted by atomic mass is 16.2. The quantitative estimate of drug-likeness (QED) is 0.680. The van der Waals surface area contributed by atoms with Crippen molar-refractivity contribution in [3.8, 4) is 5.69 Å². The van der Waals surface area contributed by atoms with Gasteiger partial charge >= 0.3 is 0 Å². The number of amides is 1. The Morgan fingerprint density at radius 2 is 1.87 bits per heavy atom. The fourth-order valence-electron chi connectivity index (χ4n) is 4.21. The van der Waals surface area contributed by atoms with Crippen molar-refractivity contribution in [2.75, 3.05) is 0 Å². The molecule has 4 rings (SSSR count). The summed E-state index contributed by atoms with van der Waals surface area (Å²) in [4.78, 5) is 40.6. The van der Waals surface area contributed by atoms with E-state index in [1.165, 1.54) is 6.07 Å². The summed E-state index contributed by atoms with van der Waals surface area (Å²) in [6, 6.07) is 11.2. The number of aromatic nitrogens is 3. The molecule has 160 valence electrons. The summed E-state index contributed by atoms with van der Waals surface area (Å²) in [5.41, 5.74) is 3.88. The lowest BCUT2D eigenvalue weighted by atomic mass is 9.75. The van der Waals surface area contributed by atoms with Crippen LogP contribution in [0.15, 0.2) is 41.2 Å². The van der Waals surface area contributed by atoms with E-state index in [-0.39, 0.29) is 23.3 Å². The summed E-state index contributed by atoms with van der Waals surface area (Å²) in [6.07, 6.45) is 0.992. The molecule has 7 heteroatoms. The van der Waals surface area contributed by atoms with Gasteiger partial charge < -0.3 is 10.3 Å². The Morgan fingerprint density at radius 1 is 1.16 bits per heavy atom. The molecule has 0 saturated carbocycles. The van der Waals surface area contributed by atoms with E-state index in [9.17, 15) is 14.4 Å². The molecule has 1 aliphatic carbocycles. The lowest BCUT2D eigenvalue weighted by Gasteiger charge is -2.29. The van der Waals surface area contributed by atoms with Gasteiger partial charge in [-0.3, -0.25) is 14.4 Å². The Morgan fingerprint density at radius 3 is 2.58 bits per heavy atom. The van der Waals surface area contributed by atoms with Gasteiger partial charge in [0.1, 0.15) is 5.56 Å². The average molecular weight is 418 g/mol. The van der Waals surface area contributed by atoms with E-state index in [2.05, 4.69) is 15.4 Å². The van der Waals surface area contributed by atoms with E-state index in [4.69, 9.17) is 0 Å². The smallest absolute Gasteiger partial charge is 0.261 e. The van der Waals surface area contributed by atoms with Gasteiger partial charge in [0.25, 0.3) is 11.5 Å². The van der Waals surface area contributed by atoms with Gasteiger partial charge in [-0.1, -0.05) is 32.0 Å². The van der Waals surface area contributed by atoms with Gasteiger partial charge in [-0.15, -0.1) is 0 Å². The van der Waals surface area contributed by atoms with E-state index >= 15 is 0 Å². The summed E-state index contributed by atoms with van der Waals surface area (Å²) in [5.74, 6) is -0.555. The molecule has 2 aromatic heterocycles. The predicted octanol–water partition coefficient (Wildman–Crippen LogP) is 3.26. The maximum Gasteiger partial charge on any atom is 0.261 e. The van der Waals surface area contributed by atoms with E-state index < -0.39 is 11.5 Å². The van der Waals surface area contributed by atoms with Crippen LogP contribution in [0.1, 0.15) is 63.6 Å². The van der Waals surface area contributed by atoms with Crippen LogP contribution in [-0.4, -0.2) is 26.5 Å². The first-order valence-corrected chi connectivity index (χ1v) is 10.3. The van der Waals surface area contributed by atoms with Gasteiger partial charge in [-0.25, -0.2) is 4.68 Å². The zero-order chi connectivity index (χ0) is 22.3. The van der Waals surface area contributed by atoms with Gasteiger partial charge in [-0.05, 0) is 43.9 Å². The number of hydrogen-bond acceptors (Lipinski definition) is 4. The van der Waals surface area contributed by atoms with Crippen molar-refractivity contribution in [3.05, 3.63) is 80.5 Å². The number of hydrogen-bond donors (Lipinski definition) is 2. The van der Waals surface area contributed by atoms with Crippen LogP contribution < -0.4 is 10.9 Å². The van der Waals surface area contributed by atoms with Crippen LogP contribution in [-0.2, 0) is 13.0 Å². The second kappa shape index (κ2) is 7.65. The number of H-pyrrole nitrogens is 1. The average Bonchev–Trinajstić information content (AvgIpc) is 2.99. The third kappa shape index (κ3) is 3.95. The molecule has 0 saturated heterocycles. The number of rotatable bonds is 4. The molecule has 0 radical (unpaired) electrons. The number of carbonyl (C=O) groups is 2. The molecule has 0 fully saturated rings. The second-order valence-corrected chi connectivity index (χ2v) is 8.92. The Hall–Kier alpha value is -3.48. The maximum atomic E-state index is 12.8. The molecule has 0 spiro atoms. The number of Topliss-reactive ketones (excluding diaryl/α,β-unsaturated/α-hetero) is 1. The maximum absolute atomic E-state index is 12.8. The molecular weight excluding hydrogens is 392 g/mol. The summed E-state index contributed by atoms with van der Waals surface area (Å²) in [5, 5.41) is 7.40. The minimum atomic E-state index is -0.507. The Labute approximate surface area is 180 Å². The van der Waals surface area contributed by atoms with Crippen LogP contribution in [0, 0.1) is 19.3 Å². The van der Waals surface area contributed by atoms with Gasteiger partial charge in [0.05, 0.1) is 11.4 Å².